The summed E-state index contributed by atoms with van der Waals surface area (Å²) in [6.45, 7) is 1.87. The summed E-state index contributed by atoms with van der Waals surface area (Å²) < 4.78 is 0. The standard InChI is InChI=1S/C15H16N2S/c1-18-13-7-5-12(6-8-13)17-9-11-3-2-4-15(16)14(11)10-17/h2-8H,9-10,16H2,1H3. The van der Waals surface area contributed by atoms with E-state index in [2.05, 4.69) is 41.5 Å². The first kappa shape index (κ1) is 11.5. The summed E-state index contributed by atoms with van der Waals surface area (Å²) in [5, 5.41) is 0. The molecule has 18 heavy (non-hydrogen) atoms. The maximum atomic E-state index is 6.03. The molecule has 0 aliphatic carbocycles. The summed E-state index contributed by atoms with van der Waals surface area (Å²) in [5.41, 5.74) is 10.8. The minimum Gasteiger partial charge on any atom is -0.398 e. The van der Waals surface area contributed by atoms with Gasteiger partial charge in [0.15, 0.2) is 0 Å². The lowest BCUT2D eigenvalue weighted by Crippen LogP contribution is -2.14. The molecule has 2 aromatic carbocycles. The van der Waals surface area contributed by atoms with Gasteiger partial charge in [0.1, 0.15) is 0 Å². The number of rotatable bonds is 2. The average molecular weight is 256 g/mol. The molecule has 2 N–H and O–H groups in total. The Labute approximate surface area is 112 Å². The SMILES string of the molecule is CSc1ccc(N2Cc3cccc(N)c3C2)cc1. The van der Waals surface area contributed by atoms with Crippen LogP contribution in [0.15, 0.2) is 47.4 Å². The van der Waals surface area contributed by atoms with E-state index >= 15 is 0 Å². The number of nitrogens with two attached hydrogens (primary N) is 1. The lowest BCUT2D eigenvalue weighted by Gasteiger charge is -2.18. The summed E-state index contributed by atoms with van der Waals surface area (Å²) in [5.74, 6) is 0. The lowest BCUT2D eigenvalue weighted by molar-refractivity contribution is 0.880. The van der Waals surface area contributed by atoms with Crippen LogP contribution in [-0.2, 0) is 13.1 Å². The highest BCUT2D eigenvalue weighted by Crippen LogP contribution is 2.32. The highest BCUT2D eigenvalue weighted by atomic mass is 32.2. The van der Waals surface area contributed by atoms with Crippen molar-refractivity contribution in [3.05, 3.63) is 53.6 Å². The van der Waals surface area contributed by atoms with E-state index in [1.165, 1.54) is 21.7 Å². The fraction of sp³-hybridized carbons (Fsp3) is 0.200. The van der Waals surface area contributed by atoms with E-state index in [4.69, 9.17) is 5.73 Å². The van der Waals surface area contributed by atoms with E-state index < -0.39 is 0 Å². The van der Waals surface area contributed by atoms with Crippen LogP contribution in [0.25, 0.3) is 0 Å². The maximum absolute atomic E-state index is 6.03. The van der Waals surface area contributed by atoms with Crippen LogP contribution in [0.3, 0.4) is 0 Å². The molecule has 92 valence electrons. The number of hydrogen-bond acceptors (Lipinski definition) is 3. The molecule has 1 heterocycles. The molecule has 3 rings (SSSR count). The molecular weight excluding hydrogens is 240 g/mol. The van der Waals surface area contributed by atoms with Crippen molar-refractivity contribution >= 4 is 23.1 Å². The first-order valence-electron chi connectivity index (χ1n) is 6.03. The predicted molar refractivity (Wildman–Crippen MR) is 79.0 cm³/mol. The summed E-state index contributed by atoms with van der Waals surface area (Å²) in [6, 6.07) is 14.9. The zero-order valence-corrected chi connectivity index (χ0v) is 11.2. The molecule has 2 aromatic rings. The molecule has 0 saturated heterocycles. The number of benzene rings is 2. The molecule has 0 spiro atoms. The van der Waals surface area contributed by atoms with Gasteiger partial charge in [-0.05, 0) is 47.7 Å². The van der Waals surface area contributed by atoms with Gasteiger partial charge in [-0.25, -0.2) is 0 Å². The number of thioether (sulfide) groups is 1. The van der Waals surface area contributed by atoms with Crippen LogP contribution < -0.4 is 10.6 Å². The highest BCUT2D eigenvalue weighted by molar-refractivity contribution is 7.98. The molecule has 0 unspecified atom stereocenters. The second kappa shape index (κ2) is 4.58. The monoisotopic (exact) mass is 256 g/mol. The van der Waals surface area contributed by atoms with Crippen LogP contribution in [-0.4, -0.2) is 6.26 Å². The van der Waals surface area contributed by atoms with Crippen LogP contribution in [0, 0.1) is 0 Å². The molecule has 0 saturated carbocycles. The van der Waals surface area contributed by atoms with Crippen LogP contribution in [0.1, 0.15) is 11.1 Å². The van der Waals surface area contributed by atoms with Gasteiger partial charge >= 0.3 is 0 Å². The minimum absolute atomic E-state index is 0.913. The van der Waals surface area contributed by atoms with E-state index in [-0.39, 0.29) is 0 Å². The van der Waals surface area contributed by atoms with Crippen LogP contribution >= 0.6 is 11.8 Å². The van der Waals surface area contributed by atoms with Crippen molar-refractivity contribution in [2.24, 2.45) is 0 Å². The lowest BCUT2D eigenvalue weighted by atomic mass is 10.1. The number of nitrogens with zero attached hydrogens (tertiary/aromatic N) is 1. The largest absolute Gasteiger partial charge is 0.398 e. The van der Waals surface area contributed by atoms with Gasteiger partial charge in [0.2, 0.25) is 0 Å². The van der Waals surface area contributed by atoms with Crippen molar-refractivity contribution in [1.82, 2.24) is 0 Å². The van der Waals surface area contributed by atoms with Crippen LogP contribution in [0.4, 0.5) is 11.4 Å². The van der Waals surface area contributed by atoms with Gasteiger partial charge in [0, 0.05) is 29.4 Å². The smallest absolute Gasteiger partial charge is 0.0457 e. The average Bonchev–Trinajstić information content (AvgIpc) is 2.84. The molecular formula is C15H16N2S. The zero-order valence-electron chi connectivity index (χ0n) is 10.4. The van der Waals surface area contributed by atoms with Crippen LogP contribution in [0.5, 0.6) is 0 Å². The molecule has 0 atom stereocenters. The molecule has 0 radical (unpaired) electrons. The second-order valence-corrected chi connectivity index (χ2v) is 5.42. The van der Waals surface area contributed by atoms with Crippen molar-refractivity contribution < 1.29 is 0 Å². The van der Waals surface area contributed by atoms with Gasteiger partial charge in [0.05, 0.1) is 0 Å². The predicted octanol–water partition coefficient (Wildman–Crippen LogP) is 3.51. The topological polar surface area (TPSA) is 29.3 Å². The number of anilines is 2. The third kappa shape index (κ3) is 1.95. The minimum atomic E-state index is 0.913. The quantitative estimate of drug-likeness (QED) is 0.658. The van der Waals surface area contributed by atoms with Crippen molar-refractivity contribution in [2.45, 2.75) is 18.0 Å². The highest BCUT2D eigenvalue weighted by Gasteiger charge is 2.20. The third-order valence-electron chi connectivity index (χ3n) is 3.46. The Balaban J connectivity index is 1.86. The Morgan fingerprint density at radius 1 is 1.06 bits per heavy atom. The summed E-state index contributed by atoms with van der Waals surface area (Å²) in [4.78, 5) is 3.67. The summed E-state index contributed by atoms with van der Waals surface area (Å²) in [6.07, 6.45) is 2.10. The van der Waals surface area contributed by atoms with Crippen molar-refractivity contribution in [3.8, 4) is 0 Å². The molecule has 0 amide bonds. The van der Waals surface area contributed by atoms with Crippen molar-refractivity contribution in [3.63, 3.8) is 0 Å². The van der Waals surface area contributed by atoms with Crippen molar-refractivity contribution in [1.29, 1.82) is 0 Å². The van der Waals surface area contributed by atoms with Gasteiger partial charge in [-0.1, -0.05) is 12.1 Å². The fourth-order valence-corrected chi connectivity index (χ4v) is 2.83. The van der Waals surface area contributed by atoms with Gasteiger partial charge in [-0.2, -0.15) is 0 Å². The van der Waals surface area contributed by atoms with Crippen LogP contribution in [0.2, 0.25) is 0 Å². The Morgan fingerprint density at radius 3 is 2.50 bits per heavy atom. The molecule has 0 fully saturated rings. The Morgan fingerprint density at radius 2 is 1.83 bits per heavy atom. The van der Waals surface area contributed by atoms with Crippen molar-refractivity contribution in [2.75, 3.05) is 16.9 Å². The number of nitrogen functional groups attached to an aromatic ring is 1. The van der Waals surface area contributed by atoms with Gasteiger partial charge in [0.25, 0.3) is 0 Å². The molecule has 1 aliphatic heterocycles. The van der Waals surface area contributed by atoms with E-state index in [1.54, 1.807) is 11.8 Å². The van der Waals surface area contributed by atoms with E-state index in [0.29, 0.717) is 0 Å². The zero-order chi connectivity index (χ0) is 12.5. The molecule has 0 aromatic heterocycles. The molecule has 1 aliphatic rings. The fourth-order valence-electron chi connectivity index (χ4n) is 2.42. The Hall–Kier alpha value is -1.61. The number of hydrogen-bond donors (Lipinski definition) is 1. The number of fused-ring (bicyclic) bond motifs is 1. The van der Waals surface area contributed by atoms with E-state index in [9.17, 15) is 0 Å². The normalized spacial score (nSPS) is 13.7. The van der Waals surface area contributed by atoms with E-state index in [0.717, 1.165) is 18.8 Å². The third-order valence-corrected chi connectivity index (χ3v) is 4.20. The second-order valence-electron chi connectivity index (χ2n) is 4.54. The maximum Gasteiger partial charge on any atom is 0.0457 e. The first-order chi connectivity index (χ1) is 8.78. The Kier molecular flexibility index (Phi) is 2.92. The van der Waals surface area contributed by atoms with Gasteiger partial charge < -0.3 is 10.6 Å². The summed E-state index contributed by atoms with van der Waals surface area (Å²) >= 11 is 1.77. The van der Waals surface area contributed by atoms with Gasteiger partial charge in [-0.3, -0.25) is 0 Å². The van der Waals surface area contributed by atoms with Gasteiger partial charge in [-0.15, -0.1) is 11.8 Å². The molecule has 3 heteroatoms. The Bertz CT molecular complexity index is 563. The molecule has 2 nitrogen and oxygen atoms in total. The van der Waals surface area contributed by atoms with E-state index in [1.807, 2.05) is 12.1 Å². The molecule has 0 bridgehead atoms. The first-order valence-corrected chi connectivity index (χ1v) is 7.25. The summed E-state index contributed by atoms with van der Waals surface area (Å²) in [7, 11) is 0.